The molecule has 136 valence electrons. The number of alkyl carbamates (subject to hydrolysis) is 1. The lowest BCUT2D eigenvalue weighted by atomic mass is 10.0. The highest BCUT2D eigenvalue weighted by molar-refractivity contribution is 5.66. The van der Waals surface area contributed by atoms with E-state index in [1.807, 2.05) is 18.7 Å². The van der Waals surface area contributed by atoms with Crippen LogP contribution in [0.5, 0.6) is 0 Å². The van der Waals surface area contributed by atoms with Crippen LogP contribution in [0.2, 0.25) is 0 Å². The van der Waals surface area contributed by atoms with Gasteiger partial charge < -0.3 is 10.1 Å². The zero-order chi connectivity index (χ0) is 17.5. The summed E-state index contributed by atoms with van der Waals surface area (Å²) in [6, 6.07) is 0.302. The average Bonchev–Trinajstić information content (AvgIpc) is 2.89. The van der Waals surface area contributed by atoms with Gasteiger partial charge in [0.25, 0.3) is 0 Å². The zero-order valence-electron chi connectivity index (χ0n) is 15.6. The quantitative estimate of drug-likeness (QED) is 0.831. The van der Waals surface area contributed by atoms with Crippen LogP contribution in [0.4, 0.5) is 4.79 Å². The Bertz CT molecular complexity index is 541. The predicted octanol–water partition coefficient (Wildman–Crippen LogP) is 2.65. The minimum atomic E-state index is -0.312. The van der Waals surface area contributed by atoms with Gasteiger partial charge >= 0.3 is 6.09 Å². The molecular formula is C18H32N4O2. The molecule has 1 aliphatic rings. The van der Waals surface area contributed by atoms with Gasteiger partial charge in [0.15, 0.2) is 0 Å². The van der Waals surface area contributed by atoms with Crippen LogP contribution >= 0.6 is 0 Å². The van der Waals surface area contributed by atoms with Crippen molar-refractivity contribution in [1.29, 1.82) is 0 Å². The van der Waals surface area contributed by atoms with Crippen molar-refractivity contribution >= 4 is 6.09 Å². The number of piperidine rings is 1. The lowest BCUT2D eigenvalue weighted by Crippen LogP contribution is -2.43. The van der Waals surface area contributed by atoms with Gasteiger partial charge in [0.2, 0.25) is 0 Å². The molecule has 1 amide bonds. The first-order chi connectivity index (χ1) is 11.6. The molecule has 1 aromatic rings. The van der Waals surface area contributed by atoms with E-state index in [1.165, 1.54) is 29.8 Å². The van der Waals surface area contributed by atoms with Gasteiger partial charge in [-0.25, -0.2) is 4.79 Å². The summed E-state index contributed by atoms with van der Waals surface area (Å²) in [6.07, 6.45) is 5.13. The van der Waals surface area contributed by atoms with E-state index in [0.29, 0.717) is 19.2 Å². The molecule has 1 fully saturated rings. The highest BCUT2D eigenvalue weighted by Gasteiger charge is 2.26. The highest BCUT2D eigenvalue weighted by Crippen LogP contribution is 2.24. The summed E-state index contributed by atoms with van der Waals surface area (Å²) in [5.74, 6) is 0. The molecular weight excluding hydrogens is 304 g/mol. The lowest BCUT2D eigenvalue weighted by molar-refractivity contribution is 0.0639. The van der Waals surface area contributed by atoms with Crippen LogP contribution in [0.1, 0.15) is 57.0 Å². The Morgan fingerprint density at radius 2 is 2.08 bits per heavy atom. The van der Waals surface area contributed by atoms with E-state index in [2.05, 4.69) is 29.2 Å². The molecule has 0 spiro atoms. The van der Waals surface area contributed by atoms with Crippen molar-refractivity contribution in [2.45, 2.75) is 65.5 Å². The van der Waals surface area contributed by atoms with Crippen LogP contribution in [0.25, 0.3) is 0 Å². The third-order valence-corrected chi connectivity index (χ3v) is 4.87. The van der Waals surface area contributed by atoms with Gasteiger partial charge in [-0.05, 0) is 39.2 Å². The first-order valence-electron chi connectivity index (χ1n) is 9.28. The molecule has 1 aromatic heterocycles. The molecule has 1 unspecified atom stereocenters. The van der Waals surface area contributed by atoms with Crippen molar-refractivity contribution in [2.75, 3.05) is 19.7 Å². The van der Waals surface area contributed by atoms with Crippen molar-refractivity contribution in [2.24, 2.45) is 7.05 Å². The lowest BCUT2D eigenvalue weighted by Gasteiger charge is -2.35. The number of nitrogens with one attached hydrogen (secondary N) is 1. The first-order valence-corrected chi connectivity index (χ1v) is 9.28. The number of nitrogens with zero attached hydrogens (tertiary/aromatic N) is 3. The van der Waals surface area contributed by atoms with Crippen LogP contribution in [0, 0.1) is 0 Å². The summed E-state index contributed by atoms with van der Waals surface area (Å²) in [5.41, 5.74) is 3.89. The van der Waals surface area contributed by atoms with E-state index in [1.54, 1.807) is 0 Å². The molecule has 0 saturated carbocycles. The zero-order valence-corrected chi connectivity index (χ0v) is 15.6. The molecule has 2 heterocycles. The number of amides is 1. The maximum absolute atomic E-state index is 11.6. The second-order valence-electron chi connectivity index (χ2n) is 6.45. The molecule has 0 radical (unpaired) electrons. The summed E-state index contributed by atoms with van der Waals surface area (Å²) < 4.78 is 7.42. The van der Waals surface area contributed by atoms with Gasteiger partial charge in [-0.3, -0.25) is 9.58 Å². The fourth-order valence-electron chi connectivity index (χ4n) is 3.60. The van der Waals surface area contributed by atoms with E-state index < -0.39 is 0 Å². The third kappa shape index (κ3) is 4.50. The average molecular weight is 336 g/mol. The number of carbonyl (C=O) groups excluding carboxylic acids is 1. The van der Waals surface area contributed by atoms with Gasteiger partial charge in [-0.1, -0.05) is 20.3 Å². The molecule has 0 aromatic carbocycles. The van der Waals surface area contributed by atoms with E-state index in [4.69, 9.17) is 4.74 Å². The van der Waals surface area contributed by atoms with Gasteiger partial charge in [-0.15, -0.1) is 0 Å². The molecule has 1 atom stereocenters. The van der Waals surface area contributed by atoms with Crippen molar-refractivity contribution in [3.05, 3.63) is 17.0 Å². The Morgan fingerprint density at radius 3 is 2.75 bits per heavy atom. The van der Waals surface area contributed by atoms with Crippen molar-refractivity contribution in [3.8, 4) is 0 Å². The largest absolute Gasteiger partial charge is 0.448 e. The highest BCUT2D eigenvalue weighted by atomic mass is 16.5. The fraction of sp³-hybridized carbons (Fsp3) is 0.778. The number of likely N-dealkylation sites (tertiary alicyclic amines) is 1. The fourth-order valence-corrected chi connectivity index (χ4v) is 3.60. The predicted molar refractivity (Wildman–Crippen MR) is 95.0 cm³/mol. The molecule has 0 aliphatic carbocycles. The summed E-state index contributed by atoms with van der Waals surface area (Å²) in [5, 5.41) is 7.38. The minimum absolute atomic E-state index is 0.302. The summed E-state index contributed by atoms with van der Waals surface area (Å²) in [7, 11) is 2.04. The van der Waals surface area contributed by atoms with Gasteiger partial charge in [-0.2, -0.15) is 5.10 Å². The summed E-state index contributed by atoms with van der Waals surface area (Å²) in [4.78, 5) is 14.1. The maximum atomic E-state index is 11.6. The molecule has 1 saturated heterocycles. The van der Waals surface area contributed by atoms with Crippen molar-refractivity contribution in [3.63, 3.8) is 0 Å². The minimum Gasteiger partial charge on any atom is -0.448 e. The number of hydrogen-bond acceptors (Lipinski definition) is 4. The molecule has 6 heteroatoms. The van der Waals surface area contributed by atoms with Crippen LogP contribution in [0.15, 0.2) is 0 Å². The van der Waals surface area contributed by atoms with E-state index in [-0.39, 0.29) is 6.09 Å². The normalized spacial score (nSPS) is 18.6. The third-order valence-electron chi connectivity index (χ3n) is 4.87. The number of carbonyl (C=O) groups is 1. The Labute approximate surface area is 145 Å². The number of hydrogen-bond donors (Lipinski definition) is 1. The molecule has 0 bridgehead atoms. The van der Waals surface area contributed by atoms with E-state index >= 15 is 0 Å². The van der Waals surface area contributed by atoms with Crippen LogP contribution in [0.3, 0.4) is 0 Å². The molecule has 6 nitrogen and oxygen atoms in total. The maximum Gasteiger partial charge on any atom is 0.407 e. The number of ether oxygens (including phenoxy) is 1. The summed E-state index contributed by atoms with van der Waals surface area (Å²) in [6.45, 7) is 9.28. The standard InChI is InChI=1S/C18H32N4O2/c1-5-16-15(17(6-2)21(4)20-16)12-22-11-9-8-10-14(22)13-24-18(23)19-7-3/h14H,5-13H2,1-4H3,(H,19,23). The second kappa shape index (κ2) is 9.06. The van der Waals surface area contributed by atoms with Crippen molar-refractivity contribution in [1.82, 2.24) is 20.0 Å². The van der Waals surface area contributed by atoms with Crippen molar-refractivity contribution < 1.29 is 9.53 Å². The number of aromatic nitrogens is 2. The Hall–Kier alpha value is -1.56. The number of rotatable bonds is 7. The monoisotopic (exact) mass is 336 g/mol. The van der Waals surface area contributed by atoms with Gasteiger partial charge in [0, 0.05) is 37.4 Å². The molecule has 2 rings (SSSR count). The Balaban J connectivity index is 2.07. The summed E-state index contributed by atoms with van der Waals surface area (Å²) >= 11 is 0. The number of aryl methyl sites for hydroxylation is 2. The smallest absolute Gasteiger partial charge is 0.407 e. The van der Waals surface area contributed by atoms with Crippen LogP contribution in [-0.4, -0.2) is 46.5 Å². The second-order valence-corrected chi connectivity index (χ2v) is 6.45. The molecule has 1 N–H and O–H groups in total. The van der Waals surface area contributed by atoms with E-state index in [0.717, 1.165) is 32.4 Å². The van der Waals surface area contributed by atoms with E-state index in [9.17, 15) is 4.79 Å². The Morgan fingerprint density at radius 1 is 1.29 bits per heavy atom. The first kappa shape index (κ1) is 18.8. The van der Waals surface area contributed by atoms with Gasteiger partial charge in [0.1, 0.15) is 6.61 Å². The van der Waals surface area contributed by atoms with Crippen LogP contribution < -0.4 is 5.32 Å². The SMILES string of the molecule is CCNC(=O)OCC1CCCCN1Cc1c(CC)nn(C)c1CC. The Kier molecular flexibility index (Phi) is 7.09. The topological polar surface area (TPSA) is 59.4 Å². The van der Waals surface area contributed by atoms with Crippen LogP contribution in [-0.2, 0) is 31.2 Å². The van der Waals surface area contributed by atoms with Gasteiger partial charge in [0.05, 0.1) is 5.69 Å². The molecule has 1 aliphatic heterocycles. The molecule has 24 heavy (non-hydrogen) atoms.